The Bertz CT molecular complexity index is 1020. The molecule has 0 spiro atoms. The van der Waals surface area contributed by atoms with Crippen molar-refractivity contribution >= 4 is 52.0 Å². The number of rotatable bonds is 7. The van der Waals surface area contributed by atoms with Gasteiger partial charge in [-0.15, -0.1) is 0 Å². The number of nitrogens with zero attached hydrogens (tertiary/aromatic N) is 1. The molecule has 1 aromatic carbocycles. The van der Waals surface area contributed by atoms with Crippen LogP contribution in [0.4, 0.5) is 0 Å². The lowest BCUT2D eigenvalue weighted by Gasteiger charge is -2.30. The monoisotopic (exact) mass is 487 g/mol. The molecule has 0 bridgehead atoms. The Kier molecular flexibility index (Phi) is 10.6. The van der Waals surface area contributed by atoms with E-state index in [0.29, 0.717) is 34.6 Å². The Morgan fingerprint density at radius 3 is 2.09 bits per heavy atom. The highest BCUT2D eigenvalue weighted by atomic mass is 35.5. The number of pyridine rings is 1. The summed E-state index contributed by atoms with van der Waals surface area (Å²) in [4.78, 5) is 48.1. The molecule has 0 atom stereocenters. The molecule has 0 aliphatic carbocycles. The van der Waals surface area contributed by atoms with Crippen LogP contribution in [0.15, 0.2) is 23.0 Å². The van der Waals surface area contributed by atoms with Crippen molar-refractivity contribution in [2.45, 2.75) is 46.2 Å². The van der Waals surface area contributed by atoms with Crippen LogP contribution in [-0.4, -0.2) is 63.1 Å². The van der Waals surface area contributed by atoms with Crippen LogP contribution < -0.4 is 10.7 Å². The lowest BCUT2D eigenvalue weighted by molar-refractivity contribution is -0.159. The number of fused-ring (bicyclic) bond motifs is 1. The second-order valence-electron chi connectivity index (χ2n) is 7.50. The van der Waals surface area contributed by atoms with Gasteiger partial charge in [0.05, 0.1) is 15.9 Å². The van der Waals surface area contributed by atoms with E-state index in [2.05, 4.69) is 42.9 Å². The van der Waals surface area contributed by atoms with Crippen molar-refractivity contribution in [1.29, 1.82) is 0 Å². The minimum Gasteiger partial charge on any atom is -0.473 e. The van der Waals surface area contributed by atoms with E-state index in [1.54, 1.807) is 6.07 Å². The summed E-state index contributed by atoms with van der Waals surface area (Å²) in [5.74, 6) is -3.97. The van der Waals surface area contributed by atoms with E-state index < -0.39 is 11.9 Å². The third kappa shape index (κ3) is 8.14. The maximum Gasteiger partial charge on any atom is 0.414 e. The lowest BCUT2D eigenvalue weighted by atomic mass is 10.2. The molecule has 1 heterocycles. The van der Waals surface area contributed by atoms with Crippen molar-refractivity contribution < 1.29 is 24.6 Å². The molecule has 0 saturated carbocycles. The summed E-state index contributed by atoms with van der Waals surface area (Å²) >= 11 is 12.1. The van der Waals surface area contributed by atoms with Crippen LogP contribution in [0.2, 0.25) is 10.0 Å². The minimum absolute atomic E-state index is 0.199. The van der Waals surface area contributed by atoms with E-state index in [1.807, 2.05) is 0 Å². The SMILES string of the molecule is CC(C)N(CCCNC(=O)c1cc(=O)c2c(Cl)cc(Cl)cc2[nH]1)C(C)C.O=C(O)C(=O)O. The number of aromatic amines is 1. The second kappa shape index (κ2) is 12.4. The van der Waals surface area contributed by atoms with Gasteiger partial charge in [0.25, 0.3) is 5.91 Å². The Morgan fingerprint density at radius 2 is 1.59 bits per heavy atom. The van der Waals surface area contributed by atoms with Crippen molar-refractivity contribution in [3.63, 3.8) is 0 Å². The molecule has 0 unspecified atom stereocenters. The molecule has 9 nitrogen and oxygen atoms in total. The van der Waals surface area contributed by atoms with Crippen LogP contribution in [0.1, 0.15) is 44.6 Å². The van der Waals surface area contributed by atoms with Crippen molar-refractivity contribution in [1.82, 2.24) is 15.2 Å². The summed E-state index contributed by atoms with van der Waals surface area (Å²) in [5, 5.41) is 18.6. The molecule has 0 fully saturated rings. The molecule has 0 aliphatic heterocycles. The summed E-state index contributed by atoms with van der Waals surface area (Å²) in [7, 11) is 0. The van der Waals surface area contributed by atoms with E-state index in [4.69, 9.17) is 43.0 Å². The maximum atomic E-state index is 12.4. The van der Waals surface area contributed by atoms with Gasteiger partial charge in [-0.05, 0) is 46.2 Å². The number of carbonyl (C=O) groups excluding carboxylic acids is 1. The molecular weight excluding hydrogens is 461 g/mol. The van der Waals surface area contributed by atoms with Crippen LogP contribution in [0, 0.1) is 0 Å². The average molecular weight is 488 g/mol. The topological polar surface area (TPSA) is 140 Å². The number of benzene rings is 1. The van der Waals surface area contributed by atoms with Crippen molar-refractivity contribution in [3.8, 4) is 0 Å². The van der Waals surface area contributed by atoms with Gasteiger partial charge in [-0.3, -0.25) is 14.5 Å². The van der Waals surface area contributed by atoms with Gasteiger partial charge in [0, 0.05) is 36.3 Å². The smallest absolute Gasteiger partial charge is 0.414 e. The van der Waals surface area contributed by atoms with Crippen molar-refractivity contribution in [2.75, 3.05) is 13.1 Å². The average Bonchev–Trinajstić information content (AvgIpc) is 2.66. The molecule has 0 saturated heterocycles. The van der Waals surface area contributed by atoms with Gasteiger partial charge in [-0.1, -0.05) is 23.2 Å². The largest absolute Gasteiger partial charge is 0.473 e. The van der Waals surface area contributed by atoms with Crippen LogP contribution in [-0.2, 0) is 9.59 Å². The molecule has 176 valence electrons. The van der Waals surface area contributed by atoms with Gasteiger partial charge in [-0.2, -0.15) is 0 Å². The standard InChI is InChI=1S/C19H25Cl2N3O2.C2H2O4/c1-11(2)24(12(3)4)7-5-6-22-19(26)16-10-17(25)18-14(21)8-13(20)9-15(18)23-16;3-1(4)2(5)6/h8-12H,5-7H2,1-4H3,(H,22,26)(H,23,25);(H,3,4)(H,5,6). The third-order valence-corrected chi connectivity index (χ3v) is 5.00. The predicted octanol–water partition coefficient (Wildman–Crippen LogP) is 3.23. The summed E-state index contributed by atoms with van der Waals surface area (Å²) < 4.78 is 0. The molecule has 11 heteroatoms. The summed E-state index contributed by atoms with van der Waals surface area (Å²) in [6, 6.07) is 5.28. The number of carboxylic acids is 2. The summed E-state index contributed by atoms with van der Waals surface area (Å²) in [6.07, 6.45) is 0.831. The van der Waals surface area contributed by atoms with E-state index in [9.17, 15) is 9.59 Å². The molecular formula is C21H27Cl2N3O6. The first kappa shape index (κ1) is 27.4. The van der Waals surface area contributed by atoms with Crippen LogP contribution in [0.3, 0.4) is 0 Å². The quantitative estimate of drug-likeness (QED) is 0.347. The first-order chi connectivity index (χ1) is 14.8. The summed E-state index contributed by atoms with van der Waals surface area (Å²) in [5.41, 5.74) is 0.340. The Labute approximate surface area is 195 Å². The van der Waals surface area contributed by atoms with Crippen LogP contribution >= 0.6 is 23.2 Å². The zero-order valence-electron chi connectivity index (χ0n) is 18.2. The fraction of sp³-hybridized carbons (Fsp3) is 0.429. The lowest BCUT2D eigenvalue weighted by Crippen LogP contribution is -2.39. The molecule has 32 heavy (non-hydrogen) atoms. The zero-order chi connectivity index (χ0) is 24.6. The third-order valence-electron chi connectivity index (χ3n) is 4.48. The first-order valence-electron chi connectivity index (χ1n) is 9.87. The number of halogens is 2. The van der Waals surface area contributed by atoms with Gasteiger partial charge in [0.15, 0.2) is 5.43 Å². The Balaban J connectivity index is 0.000000751. The molecule has 0 aliphatic rings. The van der Waals surface area contributed by atoms with Gasteiger partial charge < -0.3 is 20.5 Å². The highest BCUT2D eigenvalue weighted by molar-refractivity contribution is 6.38. The van der Waals surface area contributed by atoms with Gasteiger partial charge in [0.1, 0.15) is 5.69 Å². The molecule has 2 rings (SSSR count). The van der Waals surface area contributed by atoms with Crippen molar-refractivity contribution in [3.05, 3.63) is 44.2 Å². The zero-order valence-corrected chi connectivity index (χ0v) is 19.8. The number of amides is 1. The minimum atomic E-state index is -1.82. The number of nitrogens with one attached hydrogen (secondary N) is 2. The van der Waals surface area contributed by atoms with Crippen LogP contribution in [0.25, 0.3) is 10.9 Å². The number of carboxylic acid groups (broad SMARTS) is 2. The van der Waals surface area contributed by atoms with Gasteiger partial charge in [-0.25, -0.2) is 9.59 Å². The fourth-order valence-electron chi connectivity index (χ4n) is 3.10. The Morgan fingerprint density at radius 1 is 1.03 bits per heavy atom. The normalized spacial score (nSPS) is 10.9. The first-order valence-corrected chi connectivity index (χ1v) is 10.6. The van der Waals surface area contributed by atoms with E-state index in [1.165, 1.54) is 12.1 Å². The number of carbonyl (C=O) groups is 3. The fourth-order valence-corrected chi connectivity index (χ4v) is 3.69. The van der Waals surface area contributed by atoms with E-state index in [0.717, 1.165) is 13.0 Å². The van der Waals surface area contributed by atoms with Crippen LogP contribution in [0.5, 0.6) is 0 Å². The van der Waals surface area contributed by atoms with E-state index >= 15 is 0 Å². The highest BCUT2D eigenvalue weighted by Gasteiger charge is 2.14. The number of H-pyrrole nitrogens is 1. The number of aromatic nitrogens is 1. The predicted molar refractivity (Wildman–Crippen MR) is 124 cm³/mol. The number of aliphatic carboxylic acids is 2. The maximum absolute atomic E-state index is 12.4. The molecule has 0 radical (unpaired) electrons. The molecule has 1 aromatic heterocycles. The van der Waals surface area contributed by atoms with E-state index in [-0.39, 0.29) is 22.1 Å². The number of hydrogen-bond acceptors (Lipinski definition) is 5. The molecule has 2 aromatic rings. The highest BCUT2D eigenvalue weighted by Crippen LogP contribution is 2.24. The molecule has 4 N–H and O–H groups in total. The second-order valence-corrected chi connectivity index (χ2v) is 8.35. The molecule has 1 amide bonds. The number of hydrogen-bond donors (Lipinski definition) is 4. The van der Waals surface area contributed by atoms with Crippen molar-refractivity contribution in [2.24, 2.45) is 0 Å². The summed E-state index contributed by atoms with van der Waals surface area (Å²) in [6.45, 7) is 10.1. The van der Waals surface area contributed by atoms with Gasteiger partial charge >= 0.3 is 11.9 Å². The Hall–Kier alpha value is -2.62. The van der Waals surface area contributed by atoms with Gasteiger partial charge in [0.2, 0.25) is 0 Å².